The lowest BCUT2D eigenvalue weighted by Gasteiger charge is -2.17. The van der Waals surface area contributed by atoms with Crippen LogP contribution in [0.3, 0.4) is 0 Å². The summed E-state index contributed by atoms with van der Waals surface area (Å²) in [5.74, 6) is 0.823. The molecule has 0 atom stereocenters. The van der Waals surface area contributed by atoms with E-state index in [1.54, 1.807) is 24.3 Å². The number of sulfonamides is 1. The van der Waals surface area contributed by atoms with Crippen LogP contribution in [-0.2, 0) is 21.2 Å². The third kappa shape index (κ3) is 4.34. The van der Waals surface area contributed by atoms with Gasteiger partial charge in [-0.05, 0) is 48.9 Å². The zero-order valence-corrected chi connectivity index (χ0v) is 18.8. The first-order valence-corrected chi connectivity index (χ1v) is 12.5. The Morgan fingerprint density at radius 2 is 1.70 bits per heavy atom. The molecule has 168 valence electrons. The number of benzene rings is 3. The van der Waals surface area contributed by atoms with Gasteiger partial charge in [-0.25, -0.2) is 13.4 Å². The molecule has 1 amide bonds. The number of rotatable bonds is 6. The van der Waals surface area contributed by atoms with Crippen LogP contribution in [-0.4, -0.2) is 36.2 Å². The van der Waals surface area contributed by atoms with E-state index in [9.17, 15) is 13.2 Å². The SMILES string of the molecule is O=C(CCc1nc2ccccc2n1-c1ccccc1)Nc1cccc(N2CCCS2(=O)=O)c1. The highest BCUT2D eigenvalue weighted by atomic mass is 32.2. The van der Waals surface area contributed by atoms with Crippen molar-refractivity contribution in [3.05, 3.63) is 84.7 Å². The van der Waals surface area contributed by atoms with Gasteiger partial charge in [-0.1, -0.05) is 36.4 Å². The van der Waals surface area contributed by atoms with Gasteiger partial charge in [0.05, 0.1) is 22.5 Å². The second kappa shape index (κ2) is 8.71. The molecule has 0 radical (unpaired) electrons. The smallest absolute Gasteiger partial charge is 0.235 e. The lowest BCUT2D eigenvalue weighted by atomic mass is 10.2. The molecule has 2 heterocycles. The molecule has 1 N–H and O–H groups in total. The van der Waals surface area contributed by atoms with Crippen molar-refractivity contribution in [2.24, 2.45) is 0 Å². The first-order chi connectivity index (χ1) is 16.0. The average Bonchev–Trinajstić information content (AvgIpc) is 3.37. The van der Waals surface area contributed by atoms with Crippen molar-refractivity contribution in [3.8, 4) is 5.69 Å². The molecule has 1 aromatic heterocycles. The third-order valence-electron chi connectivity index (χ3n) is 5.74. The van der Waals surface area contributed by atoms with Crippen molar-refractivity contribution >= 4 is 38.3 Å². The molecule has 0 spiro atoms. The number of aryl methyl sites for hydroxylation is 1. The predicted octanol–water partition coefficient (Wildman–Crippen LogP) is 4.14. The van der Waals surface area contributed by atoms with Crippen LogP contribution in [0.25, 0.3) is 16.7 Å². The fourth-order valence-electron chi connectivity index (χ4n) is 4.23. The molecule has 1 fully saturated rings. The number of carbonyl (C=O) groups excluding carboxylic acids is 1. The second-order valence-electron chi connectivity index (χ2n) is 8.03. The molecular weight excluding hydrogens is 436 g/mol. The predicted molar refractivity (Wildman–Crippen MR) is 130 cm³/mol. The highest BCUT2D eigenvalue weighted by Crippen LogP contribution is 2.27. The van der Waals surface area contributed by atoms with E-state index in [0.717, 1.165) is 22.5 Å². The first kappa shape index (κ1) is 21.2. The third-order valence-corrected chi connectivity index (χ3v) is 7.61. The lowest BCUT2D eigenvalue weighted by molar-refractivity contribution is -0.116. The minimum absolute atomic E-state index is 0.150. The van der Waals surface area contributed by atoms with E-state index in [4.69, 9.17) is 4.98 Å². The van der Waals surface area contributed by atoms with Crippen LogP contribution >= 0.6 is 0 Å². The molecule has 1 aliphatic rings. The average molecular weight is 461 g/mol. The Labute approximate surface area is 192 Å². The second-order valence-corrected chi connectivity index (χ2v) is 10.0. The van der Waals surface area contributed by atoms with Crippen LogP contribution in [0.15, 0.2) is 78.9 Å². The summed E-state index contributed by atoms with van der Waals surface area (Å²) in [5, 5.41) is 2.90. The topological polar surface area (TPSA) is 84.3 Å². The fourth-order valence-corrected chi connectivity index (χ4v) is 5.78. The van der Waals surface area contributed by atoms with E-state index >= 15 is 0 Å². The fraction of sp³-hybridized carbons (Fsp3) is 0.200. The number of hydrogen-bond donors (Lipinski definition) is 1. The van der Waals surface area contributed by atoms with Crippen molar-refractivity contribution in [1.82, 2.24) is 9.55 Å². The van der Waals surface area contributed by atoms with Gasteiger partial charge in [0.25, 0.3) is 0 Å². The summed E-state index contributed by atoms with van der Waals surface area (Å²) in [4.78, 5) is 17.5. The van der Waals surface area contributed by atoms with Gasteiger partial charge in [0.15, 0.2) is 0 Å². The highest BCUT2D eigenvalue weighted by molar-refractivity contribution is 7.93. The number of nitrogens with one attached hydrogen (secondary N) is 1. The normalized spacial score (nSPS) is 15.1. The summed E-state index contributed by atoms with van der Waals surface area (Å²) in [5.41, 5.74) is 4.04. The number of imidazole rings is 1. The molecule has 0 saturated carbocycles. The summed E-state index contributed by atoms with van der Waals surface area (Å²) in [6, 6.07) is 24.9. The molecule has 0 aliphatic carbocycles. The van der Waals surface area contributed by atoms with Crippen molar-refractivity contribution in [1.29, 1.82) is 0 Å². The number of hydrogen-bond acceptors (Lipinski definition) is 4. The summed E-state index contributed by atoms with van der Waals surface area (Å²) < 4.78 is 27.9. The quantitative estimate of drug-likeness (QED) is 0.469. The van der Waals surface area contributed by atoms with Gasteiger partial charge in [0.2, 0.25) is 15.9 Å². The van der Waals surface area contributed by atoms with Crippen LogP contribution in [0.5, 0.6) is 0 Å². The monoisotopic (exact) mass is 460 g/mol. The van der Waals surface area contributed by atoms with Gasteiger partial charge in [-0.3, -0.25) is 13.7 Å². The van der Waals surface area contributed by atoms with Crippen LogP contribution in [0.1, 0.15) is 18.7 Å². The van der Waals surface area contributed by atoms with Gasteiger partial charge < -0.3 is 5.32 Å². The Balaban J connectivity index is 1.33. The number of nitrogens with zero attached hydrogens (tertiary/aromatic N) is 3. The molecule has 33 heavy (non-hydrogen) atoms. The molecular formula is C25H24N4O3S. The minimum atomic E-state index is -3.27. The van der Waals surface area contributed by atoms with E-state index in [-0.39, 0.29) is 18.1 Å². The van der Waals surface area contributed by atoms with Crippen LogP contribution < -0.4 is 9.62 Å². The van der Waals surface area contributed by atoms with Crippen molar-refractivity contribution in [3.63, 3.8) is 0 Å². The molecule has 3 aromatic carbocycles. The molecule has 1 saturated heterocycles. The van der Waals surface area contributed by atoms with Gasteiger partial charge >= 0.3 is 0 Å². The first-order valence-electron chi connectivity index (χ1n) is 10.9. The number of anilines is 2. The van der Waals surface area contributed by atoms with E-state index < -0.39 is 10.0 Å². The maximum Gasteiger partial charge on any atom is 0.235 e. The van der Waals surface area contributed by atoms with E-state index in [2.05, 4.69) is 9.88 Å². The Kier molecular flexibility index (Phi) is 5.60. The lowest BCUT2D eigenvalue weighted by Crippen LogP contribution is -2.25. The molecule has 7 nitrogen and oxygen atoms in total. The van der Waals surface area contributed by atoms with Crippen molar-refractivity contribution in [2.45, 2.75) is 19.3 Å². The minimum Gasteiger partial charge on any atom is -0.326 e. The molecule has 5 rings (SSSR count). The number of aromatic nitrogens is 2. The maximum atomic E-state index is 12.7. The van der Waals surface area contributed by atoms with Crippen molar-refractivity contribution < 1.29 is 13.2 Å². The molecule has 8 heteroatoms. The summed E-state index contributed by atoms with van der Waals surface area (Å²) in [6.07, 6.45) is 1.33. The van der Waals surface area contributed by atoms with Crippen LogP contribution in [0.2, 0.25) is 0 Å². The number of amides is 1. The summed E-state index contributed by atoms with van der Waals surface area (Å²) >= 11 is 0. The van der Waals surface area contributed by atoms with Crippen molar-refractivity contribution in [2.75, 3.05) is 21.9 Å². The van der Waals surface area contributed by atoms with Crippen LogP contribution in [0.4, 0.5) is 11.4 Å². The Bertz CT molecular complexity index is 1410. The van der Waals surface area contributed by atoms with E-state index in [1.807, 2.05) is 54.6 Å². The Hall–Kier alpha value is -3.65. The van der Waals surface area contributed by atoms with Gasteiger partial charge in [-0.2, -0.15) is 0 Å². The molecule has 0 unspecified atom stereocenters. The maximum absolute atomic E-state index is 12.7. The van der Waals surface area contributed by atoms with E-state index in [1.165, 1.54) is 4.31 Å². The number of carbonyl (C=O) groups is 1. The molecule has 4 aromatic rings. The largest absolute Gasteiger partial charge is 0.326 e. The zero-order valence-electron chi connectivity index (χ0n) is 18.0. The number of para-hydroxylation sites is 3. The van der Waals surface area contributed by atoms with Gasteiger partial charge in [-0.15, -0.1) is 0 Å². The van der Waals surface area contributed by atoms with Gasteiger partial charge in [0, 0.05) is 30.8 Å². The summed E-state index contributed by atoms with van der Waals surface area (Å²) in [6.45, 7) is 0.468. The Morgan fingerprint density at radius 3 is 2.48 bits per heavy atom. The Morgan fingerprint density at radius 1 is 0.939 bits per heavy atom. The zero-order chi connectivity index (χ0) is 22.8. The standard InChI is InChI=1S/C25H24N4O3S/c30-25(26-19-8-6-11-21(18-19)28-16-7-17-33(28,31)32)15-14-24-27-22-12-4-5-13-23(22)29(24)20-9-2-1-3-10-20/h1-6,8-13,18H,7,14-17H2,(H,26,30). The molecule has 0 bridgehead atoms. The van der Waals surface area contributed by atoms with Crippen LogP contribution in [0, 0.1) is 0 Å². The van der Waals surface area contributed by atoms with Gasteiger partial charge in [0.1, 0.15) is 5.82 Å². The summed E-state index contributed by atoms with van der Waals surface area (Å²) in [7, 11) is -3.27. The number of fused-ring (bicyclic) bond motifs is 1. The highest BCUT2D eigenvalue weighted by Gasteiger charge is 2.28. The molecule has 1 aliphatic heterocycles. The van der Waals surface area contributed by atoms with E-state index in [0.29, 0.717) is 30.8 Å².